The molecule has 1 saturated heterocycles. The summed E-state index contributed by atoms with van der Waals surface area (Å²) >= 11 is 0. The maximum absolute atomic E-state index is 13.1. The van der Waals surface area contributed by atoms with E-state index >= 15 is 0 Å². The third-order valence-electron chi connectivity index (χ3n) is 5.16. The number of nitrogens with one attached hydrogen (secondary N) is 2. The van der Waals surface area contributed by atoms with Crippen LogP contribution in [0.25, 0.3) is 0 Å². The second-order valence-corrected chi connectivity index (χ2v) is 9.10. The minimum absolute atomic E-state index is 0.00245. The molecule has 1 aliphatic heterocycles. The monoisotopic (exact) mass is 426 g/mol. The summed E-state index contributed by atoms with van der Waals surface area (Å²) in [6.45, 7) is 4.63. The lowest BCUT2D eigenvalue weighted by Crippen LogP contribution is -2.49. The average Bonchev–Trinajstić information content (AvgIpc) is 2.71. The number of ether oxygens (including phenoxy) is 1. The zero-order valence-electron chi connectivity index (χ0n) is 17.1. The minimum atomic E-state index is -3.76. The van der Waals surface area contributed by atoms with Crippen LogP contribution in [0, 0.1) is 5.92 Å². The topological polar surface area (TPSA) is 131 Å². The molecule has 0 saturated carbocycles. The summed E-state index contributed by atoms with van der Waals surface area (Å²) in [5.41, 5.74) is 5.48. The van der Waals surface area contributed by atoms with Crippen molar-refractivity contribution in [2.24, 2.45) is 11.7 Å². The van der Waals surface area contributed by atoms with Gasteiger partial charge in [0.2, 0.25) is 15.9 Å². The van der Waals surface area contributed by atoms with Crippen LogP contribution in [0.1, 0.15) is 39.5 Å². The van der Waals surface area contributed by atoms with Gasteiger partial charge in [0, 0.05) is 18.8 Å². The van der Waals surface area contributed by atoms with E-state index in [9.17, 15) is 18.0 Å². The summed E-state index contributed by atoms with van der Waals surface area (Å²) in [5.74, 6) is -0.413. The molecule has 2 rings (SSSR count). The molecule has 10 heteroatoms. The first kappa shape index (κ1) is 23.0. The lowest BCUT2D eigenvalue weighted by molar-refractivity contribution is -0.119. The lowest BCUT2D eigenvalue weighted by atomic mass is 9.98. The molecule has 0 unspecified atom stereocenters. The summed E-state index contributed by atoms with van der Waals surface area (Å²) in [7, 11) is -2.35. The van der Waals surface area contributed by atoms with Crippen molar-refractivity contribution < 1.29 is 22.7 Å². The molecule has 1 heterocycles. The average molecular weight is 427 g/mol. The first-order valence-corrected chi connectivity index (χ1v) is 11.2. The van der Waals surface area contributed by atoms with Crippen molar-refractivity contribution in [3.8, 4) is 5.75 Å². The maximum Gasteiger partial charge on any atom is 0.312 e. The maximum atomic E-state index is 13.1. The number of nitrogens with two attached hydrogens (primary N) is 1. The van der Waals surface area contributed by atoms with Crippen molar-refractivity contribution >= 4 is 27.6 Å². The van der Waals surface area contributed by atoms with Crippen LogP contribution >= 0.6 is 0 Å². The largest absolute Gasteiger partial charge is 0.495 e. The number of primary amides is 1. The highest BCUT2D eigenvalue weighted by atomic mass is 32.2. The van der Waals surface area contributed by atoms with Gasteiger partial charge in [0.15, 0.2) is 0 Å². The summed E-state index contributed by atoms with van der Waals surface area (Å²) in [4.78, 5) is 24.0. The number of hydrogen-bond acceptors (Lipinski definition) is 5. The van der Waals surface area contributed by atoms with Gasteiger partial charge in [-0.1, -0.05) is 26.7 Å². The van der Waals surface area contributed by atoms with Gasteiger partial charge in [0.1, 0.15) is 16.7 Å². The number of rotatable bonds is 8. The minimum Gasteiger partial charge on any atom is -0.495 e. The van der Waals surface area contributed by atoms with Gasteiger partial charge in [-0.05, 0) is 37.0 Å². The number of carbonyl (C=O) groups excluding carboxylic acids is 2. The molecule has 29 heavy (non-hydrogen) atoms. The highest BCUT2D eigenvalue weighted by Gasteiger charge is 2.30. The van der Waals surface area contributed by atoms with Crippen LogP contribution in [0.4, 0.5) is 10.5 Å². The van der Waals surface area contributed by atoms with Crippen molar-refractivity contribution in [1.29, 1.82) is 0 Å². The smallest absolute Gasteiger partial charge is 0.312 e. The Bertz CT molecular complexity index is 837. The van der Waals surface area contributed by atoms with E-state index < -0.39 is 28.0 Å². The Labute approximate surface area is 172 Å². The van der Waals surface area contributed by atoms with E-state index in [1.54, 1.807) is 6.07 Å². The summed E-state index contributed by atoms with van der Waals surface area (Å²) < 4.78 is 32.9. The van der Waals surface area contributed by atoms with Gasteiger partial charge < -0.3 is 21.1 Å². The zero-order chi connectivity index (χ0) is 21.6. The van der Waals surface area contributed by atoms with E-state index in [2.05, 4.69) is 10.6 Å². The predicted octanol–water partition coefficient (Wildman–Crippen LogP) is 1.89. The van der Waals surface area contributed by atoms with E-state index in [1.807, 2.05) is 13.8 Å². The van der Waals surface area contributed by atoms with E-state index in [1.165, 1.54) is 23.5 Å². The Kier molecular flexibility index (Phi) is 7.86. The third kappa shape index (κ3) is 5.60. The Morgan fingerprint density at radius 2 is 1.90 bits per heavy atom. The second-order valence-electron chi connectivity index (χ2n) is 7.19. The van der Waals surface area contributed by atoms with E-state index in [4.69, 9.17) is 10.5 Å². The molecule has 3 amide bonds. The first-order valence-electron chi connectivity index (χ1n) is 9.75. The highest BCUT2D eigenvalue weighted by molar-refractivity contribution is 7.89. The van der Waals surface area contributed by atoms with E-state index in [-0.39, 0.29) is 16.6 Å². The summed E-state index contributed by atoms with van der Waals surface area (Å²) in [6, 6.07) is 2.82. The molecule has 0 spiro atoms. The number of hydrogen-bond donors (Lipinski definition) is 3. The molecule has 2 atom stereocenters. The number of amides is 3. The van der Waals surface area contributed by atoms with Crippen LogP contribution in [0.2, 0.25) is 0 Å². The first-order chi connectivity index (χ1) is 13.7. The zero-order valence-corrected chi connectivity index (χ0v) is 17.9. The van der Waals surface area contributed by atoms with Crippen molar-refractivity contribution in [3.63, 3.8) is 0 Å². The standard InChI is InChI=1S/C19H30N4O5S/c1-4-13(2)17(22-19(20)25)18(24)21-14-8-9-15(28-3)16(12-14)29(26,27)23-10-6-5-7-11-23/h8-9,12-13,17H,4-7,10-11H2,1-3H3,(H,21,24)(H3,20,22,25)/t13-,17-/m0/s1. The predicted molar refractivity (Wildman–Crippen MR) is 110 cm³/mol. The number of nitrogens with zero attached hydrogens (tertiary/aromatic N) is 1. The second kappa shape index (κ2) is 9.93. The Morgan fingerprint density at radius 1 is 1.24 bits per heavy atom. The van der Waals surface area contributed by atoms with Gasteiger partial charge in [-0.25, -0.2) is 13.2 Å². The number of anilines is 1. The van der Waals surface area contributed by atoms with Crippen molar-refractivity contribution in [2.45, 2.75) is 50.5 Å². The molecule has 1 aromatic rings. The van der Waals surface area contributed by atoms with Gasteiger partial charge in [0.25, 0.3) is 0 Å². The molecule has 0 aliphatic carbocycles. The lowest BCUT2D eigenvalue weighted by Gasteiger charge is -2.27. The van der Waals surface area contributed by atoms with Crippen molar-refractivity contribution in [1.82, 2.24) is 9.62 Å². The van der Waals surface area contributed by atoms with Crippen molar-refractivity contribution in [2.75, 3.05) is 25.5 Å². The quantitative estimate of drug-likeness (QED) is 0.584. The van der Waals surface area contributed by atoms with Crippen LogP contribution in [0.15, 0.2) is 23.1 Å². The molecular weight excluding hydrogens is 396 g/mol. The molecule has 1 aromatic carbocycles. The molecular formula is C19H30N4O5S. The Balaban J connectivity index is 2.31. The van der Waals surface area contributed by atoms with Crippen LogP contribution < -0.4 is 21.1 Å². The number of piperidine rings is 1. The molecule has 0 bridgehead atoms. The van der Waals surface area contributed by atoms with Crippen LogP contribution in [-0.2, 0) is 14.8 Å². The number of benzene rings is 1. The van der Waals surface area contributed by atoms with Gasteiger partial charge in [-0.2, -0.15) is 4.31 Å². The van der Waals surface area contributed by atoms with Crippen LogP contribution in [0.5, 0.6) is 5.75 Å². The summed E-state index contributed by atoms with van der Waals surface area (Å²) in [6.07, 6.45) is 3.28. The van der Waals surface area contributed by atoms with E-state index in [0.29, 0.717) is 25.2 Å². The van der Waals surface area contributed by atoms with E-state index in [0.717, 1.165) is 19.3 Å². The highest BCUT2D eigenvalue weighted by Crippen LogP contribution is 2.31. The van der Waals surface area contributed by atoms with Gasteiger partial charge in [-0.3, -0.25) is 4.79 Å². The van der Waals surface area contributed by atoms with Gasteiger partial charge in [-0.15, -0.1) is 0 Å². The molecule has 9 nitrogen and oxygen atoms in total. The molecule has 0 aromatic heterocycles. The number of methoxy groups -OCH3 is 1. The van der Waals surface area contributed by atoms with Gasteiger partial charge in [0.05, 0.1) is 7.11 Å². The van der Waals surface area contributed by atoms with Crippen LogP contribution in [-0.4, -0.2) is 50.9 Å². The third-order valence-corrected chi connectivity index (χ3v) is 7.08. The SMILES string of the molecule is CC[C@H](C)[C@H](NC(N)=O)C(=O)Nc1ccc(OC)c(S(=O)(=O)N2CCCCC2)c1. The number of sulfonamides is 1. The Hall–Kier alpha value is -2.33. The van der Waals surface area contributed by atoms with Gasteiger partial charge >= 0.3 is 6.03 Å². The number of urea groups is 1. The molecule has 1 fully saturated rings. The fraction of sp³-hybridized carbons (Fsp3) is 0.579. The summed E-state index contributed by atoms with van der Waals surface area (Å²) in [5, 5.41) is 5.13. The number of carbonyl (C=O) groups is 2. The Morgan fingerprint density at radius 3 is 2.45 bits per heavy atom. The fourth-order valence-electron chi connectivity index (χ4n) is 3.28. The molecule has 0 radical (unpaired) electrons. The normalized spacial score (nSPS) is 17.2. The fourth-order valence-corrected chi connectivity index (χ4v) is 4.97. The van der Waals surface area contributed by atoms with Crippen molar-refractivity contribution in [3.05, 3.63) is 18.2 Å². The molecule has 4 N–H and O–H groups in total. The van der Waals surface area contributed by atoms with Crippen LogP contribution in [0.3, 0.4) is 0 Å². The molecule has 1 aliphatic rings. The molecule has 162 valence electrons.